The first kappa shape index (κ1) is 29.3. The van der Waals surface area contributed by atoms with Crippen LogP contribution in [-0.2, 0) is 23.7 Å². The summed E-state index contributed by atoms with van der Waals surface area (Å²) in [6.07, 6.45) is 11.8. The van der Waals surface area contributed by atoms with Gasteiger partial charge in [-0.25, -0.2) is 0 Å². The van der Waals surface area contributed by atoms with Gasteiger partial charge in [-0.2, -0.15) is 8.42 Å². The van der Waals surface area contributed by atoms with E-state index in [0.717, 1.165) is 25.7 Å². The van der Waals surface area contributed by atoms with Crippen LogP contribution < -0.4 is 0 Å². The lowest BCUT2D eigenvalue weighted by Gasteiger charge is -2.23. The highest BCUT2D eigenvalue weighted by Crippen LogP contribution is 2.56. The average molecular weight is 465 g/mol. The molecule has 8 heteroatoms. The molecule has 0 saturated heterocycles. The Bertz CT molecular complexity index is 723. The van der Waals surface area contributed by atoms with Crippen molar-refractivity contribution >= 4 is 17.7 Å². The van der Waals surface area contributed by atoms with Gasteiger partial charge in [0.1, 0.15) is 0 Å². The van der Waals surface area contributed by atoms with Crippen molar-refractivity contribution in [2.24, 2.45) is 0 Å². The SMILES string of the molecule is CCOP(=O)(OCC)C(CCC/C=C(\C)CC/C=C(\C)CCC=C(C)C)S(=O)(=O)O. The fraction of sp³-hybridized carbons (Fsp3) is 0.727. The predicted molar refractivity (Wildman–Crippen MR) is 125 cm³/mol. The molecule has 0 aromatic rings. The molecule has 0 rings (SSSR count). The second-order valence-electron chi connectivity index (χ2n) is 7.74. The molecule has 176 valence electrons. The fourth-order valence-electron chi connectivity index (χ4n) is 3.01. The Labute approximate surface area is 184 Å². The second-order valence-corrected chi connectivity index (χ2v) is 11.9. The maximum atomic E-state index is 12.8. The van der Waals surface area contributed by atoms with Gasteiger partial charge >= 0.3 is 7.60 Å². The van der Waals surface area contributed by atoms with Gasteiger partial charge in [0.2, 0.25) is 0 Å². The topological polar surface area (TPSA) is 89.9 Å². The fourth-order valence-corrected chi connectivity index (χ4v) is 6.77. The molecule has 0 heterocycles. The molecular formula is C22H41O6PS. The van der Waals surface area contributed by atoms with Crippen LogP contribution in [0.3, 0.4) is 0 Å². The lowest BCUT2D eigenvalue weighted by molar-refractivity contribution is 0.215. The van der Waals surface area contributed by atoms with Crippen LogP contribution in [0.25, 0.3) is 0 Å². The van der Waals surface area contributed by atoms with E-state index in [1.54, 1.807) is 13.8 Å². The van der Waals surface area contributed by atoms with Crippen LogP contribution in [0, 0.1) is 0 Å². The summed E-state index contributed by atoms with van der Waals surface area (Å²) in [5, 5.41) is 0. The largest absolute Gasteiger partial charge is 0.351 e. The molecule has 0 aliphatic carbocycles. The number of hydrogen-bond donors (Lipinski definition) is 1. The predicted octanol–water partition coefficient (Wildman–Crippen LogP) is 7.06. The van der Waals surface area contributed by atoms with Crippen LogP contribution in [0.5, 0.6) is 0 Å². The van der Waals surface area contributed by atoms with Crippen molar-refractivity contribution in [2.75, 3.05) is 13.2 Å². The van der Waals surface area contributed by atoms with Gasteiger partial charge in [0.25, 0.3) is 10.1 Å². The molecule has 1 unspecified atom stereocenters. The summed E-state index contributed by atoms with van der Waals surface area (Å²) in [5.74, 6) is 0. The van der Waals surface area contributed by atoms with Crippen LogP contribution in [0.1, 0.15) is 86.5 Å². The molecule has 0 spiro atoms. The maximum Gasteiger partial charge on any atom is 0.351 e. The third-order valence-electron chi connectivity index (χ3n) is 4.59. The summed E-state index contributed by atoms with van der Waals surface area (Å²) >= 11 is 0. The first-order chi connectivity index (χ1) is 14.0. The van der Waals surface area contributed by atoms with Crippen molar-refractivity contribution in [3.63, 3.8) is 0 Å². The highest BCUT2D eigenvalue weighted by atomic mass is 32.2. The van der Waals surface area contributed by atoms with Crippen LogP contribution in [-0.4, -0.2) is 31.2 Å². The number of rotatable bonds is 16. The molecule has 0 bridgehead atoms. The van der Waals surface area contributed by atoms with Crippen molar-refractivity contribution in [3.05, 3.63) is 34.9 Å². The molecule has 0 saturated carbocycles. The minimum Gasteiger partial charge on any atom is -0.308 e. The smallest absolute Gasteiger partial charge is 0.308 e. The van der Waals surface area contributed by atoms with E-state index in [4.69, 9.17) is 9.05 Å². The van der Waals surface area contributed by atoms with Gasteiger partial charge in [-0.05, 0) is 86.5 Å². The molecule has 0 amide bonds. The zero-order valence-corrected chi connectivity index (χ0v) is 21.2. The molecule has 0 aliphatic rings. The van der Waals surface area contributed by atoms with Crippen molar-refractivity contribution in [1.82, 2.24) is 0 Å². The minimum absolute atomic E-state index is 0.0171. The van der Waals surface area contributed by atoms with Crippen molar-refractivity contribution < 1.29 is 26.6 Å². The average Bonchev–Trinajstić information content (AvgIpc) is 2.60. The van der Waals surface area contributed by atoms with E-state index in [-0.39, 0.29) is 19.6 Å². The molecule has 0 fully saturated rings. The van der Waals surface area contributed by atoms with E-state index in [2.05, 4.69) is 45.9 Å². The molecule has 0 aliphatic heterocycles. The molecule has 30 heavy (non-hydrogen) atoms. The van der Waals surface area contributed by atoms with Crippen LogP contribution in [0.15, 0.2) is 34.9 Å². The Morgan fingerprint density at radius 1 is 0.900 bits per heavy atom. The number of allylic oxidation sites excluding steroid dienone is 6. The molecule has 0 aromatic heterocycles. The molecule has 0 radical (unpaired) electrons. The first-order valence-corrected chi connectivity index (χ1v) is 13.9. The summed E-state index contributed by atoms with van der Waals surface area (Å²) in [6.45, 7) is 11.7. The minimum atomic E-state index is -4.55. The molecule has 0 aromatic carbocycles. The standard InChI is InChI=1S/C22H41O6PS/c1-7-27-29(23,28-8-2)22(30(24,25)26)18-10-9-14-20(5)16-12-17-21(6)15-11-13-19(3)4/h13-14,17,22H,7-12,15-16,18H2,1-6H3,(H,24,25,26)/b20-14+,21-17+. The van der Waals surface area contributed by atoms with Gasteiger partial charge in [0, 0.05) is 0 Å². The highest BCUT2D eigenvalue weighted by molar-refractivity contribution is 7.94. The second kappa shape index (κ2) is 15.1. The summed E-state index contributed by atoms with van der Waals surface area (Å²) in [4.78, 5) is -1.55. The van der Waals surface area contributed by atoms with Gasteiger partial charge in [0.15, 0.2) is 4.99 Å². The van der Waals surface area contributed by atoms with E-state index >= 15 is 0 Å². The van der Waals surface area contributed by atoms with Crippen molar-refractivity contribution in [1.29, 1.82) is 0 Å². The Balaban J connectivity index is 4.66. The van der Waals surface area contributed by atoms with E-state index in [9.17, 15) is 17.5 Å². The summed E-state index contributed by atoms with van der Waals surface area (Å²) in [5.41, 5.74) is 3.96. The number of unbranched alkanes of at least 4 members (excludes halogenated alkanes) is 1. The van der Waals surface area contributed by atoms with E-state index in [0.29, 0.717) is 12.8 Å². The lowest BCUT2D eigenvalue weighted by atomic mass is 10.1. The summed E-state index contributed by atoms with van der Waals surface area (Å²) in [6, 6.07) is 0. The first-order valence-electron chi connectivity index (χ1n) is 10.8. The van der Waals surface area contributed by atoms with E-state index in [1.165, 1.54) is 16.7 Å². The molecule has 6 nitrogen and oxygen atoms in total. The maximum absolute atomic E-state index is 12.8. The van der Waals surface area contributed by atoms with Crippen molar-refractivity contribution in [2.45, 2.75) is 91.5 Å². The normalized spacial score (nSPS) is 14.6. The summed E-state index contributed by atoms with van der Waals surface area (Å²) < 4.78 is 56.1. The third-order valence-corrected chi connectivity index (χ3v) is 9.28. The van der Waals surface area contributed by atoms with Crippen LogP contribution in [0.2, 0.25) is 0 Å². The van der Waals surface area contributed by atoms with Gasteiger partial charge in [0.05, 0.1) is 13.2 Å². The quantitative estimate of drug-likeness (QED) is 0.114. The Morgan fingerprint density at radius 3 is 1.80 bits per heavy atom. The highest BCUT2D eigenvalue weighted by Gasteiger charge is 2.43. The number of hydrogen-bond acceptors (Lipinski definition) is 5. The summed E-state index contributed by atoms with van der Waals surface area (Å²) in [7, 11) is -8.48. The van der Waals surface area contributed by atoms with Gasteiger partial charge in [-0.15, -0.1) is 0 Å². The van der Waals surface area contributed by atoms with Gasteiger partial charge < -0.3 is 9.05 Å². The van der Waals surface area contributed by atoms with Crippen LogP contribution in [0.4, 0.5) is 0 Å². The van der Waals surface area contributed by atoms with Gasteiger partial charge in [-0.1, -0.05) is 34.9 Å². The van der Waals surface area contributed by atoms with Gasteiger partial charge in [-0.3, -0.25) is 9.12 Å². The molecule has 1 N–H and O–H groups in total. The van der Waals surface area contributed by atoms with Crippen molar-refractivity contribution in [3.8, 4) is 0 Å². The Morgan fingerprint density at radius 2 is 1.37 bits per heavy atom. The zero-order chi connectivity index (χ0) is 23.2. The monoisotopic (exact) mass is 464 g/mol. The molecule has 1 atom stereocenters. The Kier molecular flexibility index (Phi) is 14.8. The lowest BCUT2D eigenvalue weighted by Crippen LogP contribution is -2.23. The molecular weight excluding hydrogens is 423 g/mol. The zero-order valence-electron chi connectivity index (χ0n) is 19.5. The van der Waals surface area contributed by atoms with E-state index < -0.39 is 22.7 Å². The Hall–Kier alpha value is -0.720. The van der Waals surface area contributed by atoms with Crippen LogP contribution >= 0.6 is 7.60 Å². The third kappa shape index (κ3) is 12.9. The van der Waals surface area contributed by atoms with E-state index in [1.807, 2.05) is 0 Å².